The highest BCUT2D eigenvalue weighted by molar-refractivity contribution is 7.09. The van der Waals surface area contributed by atoms with Gasteiger partial charge in [0.05, 0.1) is 11.1 Å². The van der Waals surface area contributed by atoms with Crippen LogP contribution in [0.5, 0.6) is 0 Å². The number of benzene rings is 1. The van der Waals surface area contributed by atoms with Crippen LogP contribution in [0.2, 0.25) is 0 Å². The Morgan fingerprint density at radius 1 is 1.27 bits per heavy atom. The zero-order chi connectivity index (χ0) is 15.5. The lowest BCUT2D eigenvalue weighted by Crippen LogP contribution is -2.25. The summed E-state index contributed by atoms with van der Waals surface area (Å²) in [4.78, 5) is 31.6. The summed E-state index contributed by atoms with van der Waals surface area (Å²) in [6, 6.07) is 9.17. The van der Waals surface area contributed by atoms with E-state index in [4.69, 9.17) is 5.73 Å². The Kier molecular flexibility index (Phi) is 3.88. The molecule has 0 aliphatic rings. The molecule has 3 rings (SSSR count). The van der Waals surface area contributed by atoms with Crippen molar-refractivity contribution in [2.24, 2.45) is 5.73 Å². The monoisotopic (exact) mass is 314 g/mol. The molecule has 2 aromatic heterocycles. The highest BCUT2D eigenvalue weighted by Crippen LogP contribution is 2.16. The number of fused-ring (bicyclic) bond motifs is 1. The van der Waals surface area contributed by atoms with Crippen molar-refractivity contribution in [3.63, 3.8) is 0 Å². The first-order valence-corrected chi connectivity index (χ1v) is 7.62. The Bertz CT molecular complexity index is 823. The third-order valence-corrected chi connectivity index (χ3v) is 4.16. The maximum Gasteiger partial charge on any atom is 0.284 e. The fraction of sp³-hybridized carbons (Fsp3) is 0.133. The van der Waals surface area contributed by atoms with Crippen LogP contribution in [0.15, 0.2) is 35.7 Å². The maximum atomic E-state index is 12.3. The van der Waals surface area contributed by atoms with Gasteiger partial charge < -0.3 is 16.0 Å². The molecule has 2 heterocycles. The number of aromatic nitrogens is 2. The largest absolute Gasteiger partial charge is 0.363 e. The van der Waals surface area contributed by atoms with Crippen molar-refractivity contribution in [1.29, 1.82) is 0 Å². The third-order valence-electron chi connectivity index (χ3n) is 3.23. The van der Waals surface area contributed by atoms with Crippen LogP contribution in [0.25, 0.3) is 11.0 Å². The molecule has 112 valence electrons. The number of H-pyrrole nitrogens is 1. The van der Waals surface area contributed by atoms with E-state index in [1.165, 1.54) is 4.88 Å². The average molecular weight is 314 g/mol. The molecular formula is C15H14N4O2S. The minimum Gasteiger partial charge on any atom is -0.363 e. The number of primary amides is 1. The molecular weight excluding hydrogens is 300 g/mol. The van der Waals surface area contributed by atoms with Gasteiger partial charge in [-0.05, 0) is 30.0 Å². The number of rotatable bonds is 5. The molecule has 0 fully saturated rings. The van der Waals surface area contributed by atoms with E-state index in [1.807, 2.05) is 17.5 Å². The van der Waals surface area contributed by atoms with Crippen molar-refractivity contribution in [2.75, 3.05) is 6.54 Å². The van der Waals surface area contributed by atoms with Crippen molar-refractivity contribution in [3.05, 3.63) is 52.0 Å². The van der Waals surface area contributed by atoms with Gasteiger partial charge in [0.25, 0.3) is 11.8 Å². The zero-order valence-corrected chi connectivity index (χ0v) is 12.4. The molecule has 4 N–H and O–H groups in total. The number of carbonyl (C=O) groups excluding carboxylic acids is 2. The fourth-order valence-corrected chi connectivity index (χ4v) is 2.89. The molecule has 0 saturated heterocycles. The van der Waals surface area contributed by atoms with Gasteiger partial charge in [-0.15, -0.1) is 11.3 Å². The van der Waals surface area contributed by atoms with E-state index in [0.717, 1.165) is 6.42 Å². The second-order valence-electron chi connectivity index (χ2n) is 4.74. The van der Waals surface area contributed by atoms with Crippen LogP contribution in [0.4, 0.5) is 0 Å². The number of nitrogens with zero attached hydrogens (tertiary/aromatic N) is 1. The Hall–Kier alpha value is -2.67. The first-order chi connectivity index (χ1) is 10.6. The molecule has 0 atom stereocenters. The Balaban J connectivity index is 1.77. The third kappa shape index (κ3) is 2.84. The van der Waals surface area contributed by atoms with Crippen LogP contribution in [0.3, 0.4) is 0 Å². The number of thiophene rings is 1. The molecule has 1 aromatic carbocycles. The Morgan fingerprint density at radius 2 is 2.14 bits per heavy atom. The van der Waals surface area contributed by atoms with Crippen LogP contribution in [-0.4, -0.2) is 28.3 Å². The highest BCUT2D eigenvalue weighted by Gasteiger charge is 2.15. The van der Waals surface area contributed by atoms with Crippen LogP contribution in [0, 0.1) is 0 Å². The van der Waals surface area contributed by atoms with Crippen molar-refractivity contribution in [3.8, 4) is 0 Å². The number of hydrogen-bond donors (Lipinski definition) is 3. The van der Waals surface area contributed by atoms with E-state index in [9.17, 15) is 9.59 Å². The quantitative estimate of drug-likeness (QED) is 0.668. The van der Waals surface area contributed by atoms with Crippen molar-refractivity contribution in [2.45, 2.75) is 6.42 Å². The standard InChI is InChI=1S/C15H14N4O2S/c16-13(20)14-18-11-5-1-4-10(12(11)19-14)15(21)17-7-6-9-3-2-8-22-9/h1-5,8H,6-7H2,(H2,16,20)(H,17,21)(H,18,19). The highest BCUT2D eigenvalue weighted by atomic mass is 32.1. The maximum absolute atomic E-state index is 12.3. The molecule has 0 spiro atoms. The summed E-state index contributed by atoms with van der Waals surface area (Å²) < 4.78 is 0. The van der Waals surface area contributed by atoms with Crippen LogP contribution < -0.4 is 11.1 Å². The molecule has 0 unspecified atom stereocenters. The summed E-state index contributed by atoms with van der Waals surface area (Å²) in [7, 11) is 0. The number of para-hydroxylation sites is 1. The number of carbonyl (C=O) groups is 2. The summed E-state index contributed by atoms with van der Waals surface area (Å²) in [5.74, 6) is -0.821. The molecule has 3 aromatic rings. The number of amides is 2. The van der Waals surface area contributed by atoms with Gasteiger partial charge in [0.15, 0.2) is 5.82 Å². The minimum absolute atomic E-state index is 0.0498. The Labute approximate surface area is 130 Å². The molecule has 6 nitrogen and oxygen atoms in total. The molecule has 0 aliphatic heterocycles. The fourth-order valence-electron chi connectivity index (χ4n) is 2.18. The number of nitrogens with two attached hydrogens (primary N) is 1. The predicted octanol–water partition coefficient (Wildman–Crippen LogP) is 1.70. The van der Waals surface area contributed by atoms with Crippen molar-refractivity contribution < 1.29 is 9.59 Å². The van der Waals surface area contributed by atoms with Gasteiger partial charge in [-0.1, -0.05) is 12.1 Å². The van der Waals surface area contributed by atoms with Crippen molar-refractivity contribution in [1.82, 2.24) is 15.3 Å². The van der Waals surface area contributed by atoms with Gasteiger partial charge in [0.1, 0.15) is 5.52 Å². The van der Waals surface area contributed by atoms with Crippen molar-refractivity contribution >= 4 is 34.2 Å². The second-order valence-corrected chi connectivity index (χ2v) is 5.77. The van der Waals surface area contributed by atoms with E-state index in [-0.39, 0.29) is 11.7 Å². The van der Waals surface area contributed by atoms with Crippen LogP contribution in [-0.2, 0) is 6.42 Å². The molecule has 7 heteroatoms. The normalized spacial score (nSPS) is 10.7. The minimum atomic E-state index is -0.653. The summed E-state index contributed by atoms with van der Waals surface area (Å²) in [6.07, 6.45) is 0.784. The lowest BCUT2D eigenvalue weighted by atomic mass is 10.1. The predicted molar refractivity (Wildman–Crippen MR) is 85.0 cm³/mol. The Morgan fingerprint density at radius 3 is 2.86 bits per heavy atom. The van der Waals surface area contributed by atoms with E-state index in [1.54, 1.807) is 29.5 Å². The SMILES string of the molecule is NC(=O)c1nc2c(C(=O)NCCc3cccs3)cccc2[nH]1. The van der Waals surface area contributed by atoms with Gasteiger partial charge >= 0.3 is 0 Å². The molecule has 0 bridgehead atoms. The van der Waals surface area contributed by atoms with Gasteiger partial charge in [-0.3, -0.25) is 9.59 Å². The molecule has 0 aliphatic carbocycles. The van der Waals surface area contributed by atoms with Gasteiger partial charge in [0, 0.05) is 11.4 Å². The smallest absolute Gasteiger partial charge is 0.284 e. The van der Waals surface area contributed by atoms with Gasteiger partial charge in [-0.2, -0.15) is 0 Å². The first-order valence-electron chi connectivity index (χ1n) is 6.74. The molecule has 0 saturated carbocycles. The molecule has 2 amide bonds. The van der Waals surface area contributed by atoms with E-state index in [0.29, 0.717) is 23.1 Å². The lowest BCUT2D eigenvalue weighted by molar-refractivity contribution is 0.0953. The summed E-state index contributed by atoms with van der Waals surface area (Å²) in [5.41, 5.74) is 6.69. The van der Waals surface area contributed by atoms with Crippen LogP contribution in [0.1, 0.15) is 25.9 Å². The number of aromatic amines is 1. The average Bonchev–Trinajstić information content (AvgIpc) is 3.15. The van der Waals surface area contributed by atoms with Gasteiger partial charge in [-0.25, -0.2) is 4.98 Å². The number of imidazole rings is 1. The van der Waals surface area contributed by atoms with Gasteiger partial charge in [0.2, 0.25) is 0 Å². The number of nitrogens with one attached hydrogen (secondary N) is 2. The van der Waals surface area contributed by atoms with Crippen LogP contribution >= 0.6 is 11.3 Å². The number of hydrogen-bond acceptors (Lipinski definition) is 4. The second kappa shape index (κ2) is 5.98. The van der Waals surface area contributed by atoms with E-state index < -0.39 is 5.91 Å². The summed E-state index contributed by atoms with van der Waals surface area (Å²) in [5, 5.41) is 4.87. The topological polar surface area (TPSA) is 101 Å². The summed E-state index contributed by atoms with van der Waals surface area (Å²) >= 11 is 1.66. The molecule has 22 heavy (non-hydrogen) atoms. The lowest BCUT2D eigenvalue weighted by Gasteiger charge is -2.04. The van der Waals surface area contributed by atoms with E-state index >= 15 is 0 Å². The first kappa shape index (κ1) is 14.3. The summed E-state index contributed by atoms with van der Waals surface area (Å²) in [6.45, 7) is 0.544. The molecule has 0 radical (unpaired) electrons. The van der Waals surface area contributed by atoms with E-state index in [2.05, 4.69) is 15.3 Å². The zero-order valence-electron chi connectivity index (χ0n) is 11.6.